The Morgan fingerprint density at radius 3 is 2.50 bits per heavy atom. The van der Waals surface area contributed by atoms with Gasteiger partial charge in [0.1, 0.15) is 11.9 Å². The highest BCUT2D eigenvalue weighted by molar-refractivity contribution is 6.05. The first-order valence-corrected chi connectivity index (χ1v) is 6.36. The van der Waals surface area contributed by atoms with Crippen LogP contribution < -0.4 is 5.32 Å². The quantitative estimate of drug-likeness (QED) is 0.835. The smallest absolute Gasteiger partial charge is 0.243 e. The Balaban J connectivity index is 1.97. The third kappa shape index (κ3) is 2.84. The van der Waals surface area contributed by atoms with E-state index in [0.717, 1.165) is 4.90 Å². The molecule has 0 aromatic heterocycles. The van der Waals surface area contributed by atoms with E-state index < -0.39 is 17.8 Å². The van der Waals surface area contributed by atoms with Gasteiger partial charge in [0.15, 0.2) is 0 Å². The summed E-state index contributed by atoms with van der Waals surface area (Å²) in [7, 11) is 0. The molecular weight excluding hydrogens is 263 g/mol. The predicted molar refractivity (Wildman–Crippen MR) is 68.8 cm³/mol. The number of nitrogens with one attached hydrogen (secondary N) is 1. The van der Waals surface area contributed by atoms with Gasteiger partial charge in [0.05, 0.1) is 0 Å². The highest BCUT2D eigenvalue weighted by Crippen LogP contribution is 2.15. The van der Waals surface area contributed by atoms with Gasteiger partial charge in [0.2, 0.25) is 17.7 Å². The fourth-order valence-electron chi connectivity index (χ4n) is 2.11. The predicted octanol–water partition coefficient (Wildman–Crippen LogP) is 0.979. The molecule has 1 saturated heterocycles. The van der Waals surface area contributed by atoms with Crippen LogP contribution >= 0.6 is 0 Å². The molecule has 20 heavy (non-hydrogen) atoms. The van der Waals surface area contributed by atoms with Crippen molar-refractivity contribution >= 4 is 17.7 Å². The van der Waals surface area contributed by atoms with Crippen molar-refractivity contribution in [1.29, 1.82) is 0 Å². The molecule has 1 atom stereocenters. The van der Waals surface area contributed by atoms with E-state index in [9.17, 15) is 18.8 Å². The van der Waals surface area contributed by atoms with Crippen LogP contribution in [0.15, 0.2) is 24.3 Å². The van der Waals surface area contributed by atoms with Crippen molar-refractivity contribution in [2.24, 2.45) is 0 Å². The summed E-state index contributed by atoms with van der Waals surface area (Å²) in [6.45, 7) is 1.50. The summed E-state index contributed by atoms with van der Waals surface area (Å²) in [6, 6.07) is 5.22. The number of likely N-dealkylation sites (tertiary alicyclic amines) is 1. The van der Waals surface area contributed by atoms with Crippen LogP contribution in [0.4, 0.5) is 4.39 Å². The molecule has 1 aliphatic heterocycles. The van der Waals surface area contributed by atoms with Gasteiger partial charge in [-0.25, -0.2) is 4.39 Å². The number of rotatable bonds is 4. The Morgan fingerprint density at radius 2 is 1.90 bits per heavy atom. The molecule has 1 N–H and O–H groups in total. The van der Waals surface area contributed by atoms with Crippen molar-refractivity contribution in [3.63, 3.8) is 0 Å². The van der Waals surface area contributed by atoms with Crippen molar-refractivity contribution in [3.8, 4) is 0 Å². The van der Waals surface area contributed by atoms with Gasteiger partial charge in [-0.15, -0.1) is 0 Å². The minimum absolute atomic E-state index is 0.0199. The van der Waals surface area contributed by atoms with Crippen LogP contribution in [-0.2, 0) is 20.9 Å². The van der Waals surface area contributed by atoms with E-state index in [-0.39, 0.29) is 31.2 Å². The minimum Gasteiger partial charge on any atom is -0.350 e. The van der Waals surface area contributed by atoms with E-state index in [1.165, 1.54) is 13.0 Å². The van der Waals surface area contributed by atoms with Crippen LogP contribution in [0.25, 0.3) is 0 Å². The Morgan fingerprint density at radius 1 is 1.30 bits per heavy atom. The van der Waals surface area contributed by atoms with Crippen molar-refractivity contribution in [1.82, 2.24) is 10.2 Å². The van der Waals surface area contributed by atoms with Crippen LogP contribution in [0.3, 0.4) is 0 Å². The highest BCUT2D eigenvalue weighted by Gasteiger charge is 2.35. The summed E-state index contributed by atoms with van der Waals surface area (Å²) in [5.41, 5.74) is 0.354. The van der Waals surface area contributed by atoms with Crippen LogP contribution in [-0.4, -0.2) is 28.7 Å². The maximum Gasteiger partial charge on any atom is 0.243 e. The van der Waals surface area contributed by atoms with E-state index in [0.29, 0.717) is 5.56 Å². The van der Waals surface area contributed by atoms with E-state index >= 15 is 0 Å². The first-order chi connectivity index (χ1) is 9.50. The fraction of sp³-hybridized carbons (Fsp3) is 0.357. The van der Waals surface area contributed by atoms with Gasteiger partial charge in [-0.2, -0.15) is 0 Å². The molecule has 1 heterocycles. The summed E-state index contributed by atoms with van der Waals surface area (Å²) in [6.07, 6.45) is 0.285. The van der Waals surface area contributed by atoms with Gasteiger partial charge >= 0.3 is 0 Å². The van der Waals surface area contributed by atoms with Gasteiger partial charge < -0.3 is 5.32 Å². The van der Waals surface area contributed by atoms with E-state index in [1.807, 2.05) is 0 Å². The van der Waals surface area contributed by atoms with Crippen molar-refractivity contribution in [3.05, 3.63) is 35.6 Å². The van der Waals surface area contributed by atoms with Gasteiger partial charge in [-0.3, -0.25) is 19.3 Å². The lowest BCUT2D eigenvalue weighted by Gasteiger charge is -2.21. The summed E-state index contributed by atoms with van der Waals surface area (Å²) in [5.74, 6) is -1.57. The molecule has 0 radical (unpaired) electrons. The second kappa shape index (κ2) is 5.81. The molecule has 1 aliphatic rings. The number of hydrogen-bond donors (Lipinski definition) is 1. The first kappa shape index (κ1) is 14.2. The zero-order valence-electron chi connectivity index (χ0n) is 11.1. The van der Waals surface area contributed by atoms with Crippen molar-refractivity contribution < 1.29 is 18.8 Å². The average molecular weight is 278 g/mol. The number of carbonyl (C=O) groups is 3. The number of halogens is 1. The molecule has 0 saturated carbocycles. The summed E-state index contributed by atoms with van der Waals surface area (Å²) in [5, 5.41) is 2.53. The number of carbonyl (C=O) groups excluding carboxylic acids is 3. The van der Waals surface area contributed by atoms with Crippen LogP contribution in [0, 0.1) is 5.82 Å². The topological polar surface area (TPSA) is 66.5 Å². The lowest BCUT2D eigenvalue weighted by atomic mass is 10.2. The molecule has 5 nitrogen and oxygen atoms in total. The Hall–Kier alpha value is -2.24. The van der Waals surface area contributed by atoms with Gasteiger partial charge in [0.25, 0.3) is 0 Å². The summed E-state index contributed by atoms with van der Waals surface area (Å²) >= 11 is 0. The lowest BCUT2D eigenvalue weighted by Crippen LogP contribution is -2.47. The number of imide groups is 1. The molecule has 1 aromatic carbocycles. The first-order valence-electron chi connectivity index (χ1n) is 6.36. The van der Waals surface area contributed by atoms with Gasteiger partial charge in [-0.1, -0.05) is 18.2 Å². The summed E-state index contributed by atoms with van der Waals surface area (Å²) in [4.78, 5) is 35.9. The Labute approximate surface area is 115 Å². The van der Waals surface area contributed by atoms with Gasteiger partial charge in [-0.05, 0) is 13.0 Å². The van der Waals surface area contributed by atoms with E-state index in [4.69, 9.17) is 0 Å². The molecule has 1 fully saturated rings. The lowest BCUT2D eigenvalue weighted by molar-refractivity contribution is -0.146. The zero-order valence-corrected chi connectivity index (χ0v) is 11.1. The van der Waals surface area contributed by atoms with Crippen molar-refractivity contribution in [2.45, 2.75) is 32.4 Å². The molecule has 0 aliphatic carbocycles. The number of nitrogens with zero attached hydrogens (tertiary/aromatic N) is 1. The molecule has 6 heteroatoms. The Kier molecular flexibility index (Phi) is 4.12. The monoisotopic (exact) mass is 278 g/mol. The third-order valence-electron chi connectivity index (χ3n) is 3.27. The number of amides is 3. The molecule has 0 unspecified atom stereocenters. The SMILES string of the molecule is C[C@@H](C(=O)NCc1ccccc1F)N1C(=O)CCC1=O. The largest absolute Gasteiger partial charge is 0.350 e. The van der Waals surface area contributed by atoms with Gasteiger partial charge in [0, 0.05) is 24.9 Å². The van der Waals surface area contributed by atoms with E-state index in [1.54, 1.807) is 18.2 Å². The van der Waals surface area contributed by atoms with Crippen LogP contribution in [0.5, 0.6) is 0 Å². The molecule has 1 aromatic rings. The molecule has 3 amide bonds. The minimum atomic E-state index is -0.871. The highest BCUT2D eigenvalue weighted by atomic mass is 19.1. The number of hydrogen-bond acceptors (Lipinski definition) is 3. The second-order valence-corrected chi connectivity index (χ2v) is 4.64. The standard InChI is InChI=1S/C14H15FN2O3/c1-9(17-12(18)6-7-13(17)19)14(20)16-8-10-4-2-3-5-11(10)15/h2-5,9H,6-8H2,1H3,(H,16,20)/t9-/m0/s1. The number of benzene rings is 1. The molecule has 106 valence electrons. The molecule has 0 spiro atoms. The second-order valence-electron chi connectivity index (χ2n) is 4.64. The summed E-state index contributed by atoms with van der Waals surface area (Å²) < 4.78 is 13.4. The molecular formula is C14H15FN2O3. The Bertz CT molecular complexity index is 543. The molecule has 0 bridgehead atoms. The third-order valence-corrected chi connectivity index (χ3v) is 3.27. The van der Waals surface area contributed by atoms with Crippen LogP contribution in [0.2, 0.25) is 0 Å². The average Bonchev–Trinajstić information content (AvgIpc) is 2.76. The fourth-order valence-corrected chi connectivity index (χ4v) is 2.11. The van der Waals surface area contributed by atoms with E-state index in [2.05, 4.69) is 5.32 Å². The zero-order chi connectivity index (χ0) is 14.7. The molecule has 2 rings (SSSR count). The van der Waals surface area contributed by atoms with Crippen LogP contribution in [0.1, 0.15) is 25.3 Å². The van der Waals surface area contributed by atoms with Crippen molar-refractivity contribution in [2.75, 3.05) is 0 Å². The maximum atomic E-state index is 13.4. The maximum absolute atomic E-state index is 13.4. The normalized spacial score (nSPS) is 16.4.